The molecule has 2 aromatic heterocycles. The van der Waals surface area contributed by atoms with Gasteiger partial charge in [-0.3, -0.25) is 10.1 Å². The molecule has 0 saturated heterocycles. The van der Waals surface area contributed by atoms with Gasteiger partial charge in [-0.05, 0) is 62.1 Å². The average molecular weight is 322 g/mol. The van der Waals surface area contributed by atoms with Crippen LogP contribution in [0, 0.1) is 19.8 Å². The van der Waals surface area contributed by atoms with Crippen LogP contribution in [-0.4, -0.2) is 25.6 Å². The number of nitrogens with zero attached hydrogens (tertiary/aromatic N) is 3. The first-order chi connectivity index (χ1) is 11.5. The highest BCUT2D eigenvalue weighted by molar-refractivity contribution is 5.92. The Morgan fingerprint density at radius 3 is 2.62 bits per heavy atom. The Balaban J connectivity index is 1.78. The van der Waals surface area contributed by atoms with Crippen molar-refractivity contribution in [3.05, 3.63) is 41.5 Å². The van der Waals surface area contributed by atoms with Gasteiger partial charge in [0, 0.05) is 11.5 Å². The third-order valence-electron chi connectivity index (χ3n) is 4.33. The molecule has 0 aliphatic heterocycles. The van der Waals surface area contributed by atoms with Gasteiger partial charge in [-0.25, -0.2) is 4.52 Å². The second-order valence-corrected chi connectivity index (χ2v) is 6.34. The summed E-state index contributed by atoms with van der Waals surface area (Å²) in [6, 6.07) is 9.54. The van der Waals surface area contributed by atoms with Gasteiger partial charge in [0.05, 0.1) is 5.69 Å². The molecule has 2 heterocycles. The molecule has 1 saturated carbocycles. The van der Waals surface area contributed by atoms with Gasteiger partial charge in [0.25, 0.3) is 0 Å². The van der Waals surface area contributed by atoms with E-state index in [2.05, 4.69) is 15.4 Å². The van der Waals surface area contributed by atoms with E-state index >= 15 is 0 Å². The van der Waals surface area contributed by atoms with E-state index < -0.39 is 0 Å². The predicted octanol–water partition coefficient (Wildman–Crippen LogP) is 3.07. The van der Waals surface area contributed by atoms with E-state index in [1.165, 1.54) is 0 Å². The molecule has 4 rings (SSSR count). The highest BCUT2D eigenvalue weighted by Crippen LogP contribution is 2.31. The maximum atomic E-state index is 11.9. The molecular weight excluding hydrogens is 304 g/mol. The Morgan fingerprint density at radius 1 is 1.25 bits per heavy atom. The molecule has 6 nitrogen and oxygen atoms in total. The molecule has 24 heavy (non-hydrogen) atoms. The number of aryl methyl sites for hydroxylation is 2. The van der Waals surface area contributed by atoms with E-state index in [0.717, 1.165) is 35.2 Å². The van der Waals surface area contributed by atoms with Crippen LogP contribution in [0.25, 0.3) is 16.9 Å². The Hall–Kier alpha value is -2.89. The summed E-state index contributed by atoms with van der Waals surface area (Å²) < 4.78 is 1.72. The molecule has 0 spiro atoms. The smallest absolute Gasteiger partial charge is 0.249 e. The van der Waals surface area contributed by atoms with Crippen molar-refractivity contribution in [2.45, 2.75) is 26.7 Å². The quantitative estimate of drug-likeness (QED) is 0.776. The lowest BCUT2D eigenvalue weighted by atomic mass is 10.0. The summed E-state index contributed by atoms with van der Waals surface area (Å²) in [6.45, 7) is 3.74. The first-order valence-corrected chi connectivity index (χ1v) is 8.00. The summed E-state index contributed by atoms with van der Waals surface area (Å²) in [5.41, 5.74) is 4.09. The van der Waals surface area contributed by atoms with E-state index in [0.29, 0.717) is 17.3 Å². The molecule has 1 aliphatic carbocycles. The summed E-state index contributed by atoms with van der Waals surface area (Å²) >= 11 is 0. The maximum absolute atomic E-state index is 11.9. The summed E-state index contributed by atoms with van der Waals surface area (Å²) in [5.74, 6) is 0.732. The molecule has 0 radical (unpaired) electrons. The van der Waals surface area contributed by atoms with Gasteiger partial charge in [-0.15, -0.1) is 5.10 Å². The van der Waals surface area contributed by atoms with Crippen LogP contribution in [0.4, 0.5) is 5.95 Å². The largest absolute Gasteiger partial charge is 0.507 e. The summed E-state index contributed by atoms with van der Waals surface area (Å²) in [4.78, 5) is 16.3. The van der Waals surface area contributed by atoms with E-state index in [1.807, 2.05) is 44.2 Å². The topological polar surface area (TPSA) is 79.5 Å². The van der Waals surface area contributed by atoms with Gasteiger partial charge in [-0.1, -0.05) is 6.07 Å². The van der Waals surface area contributed by atoms with Gasteiger partial charge in [0.1, 0.15) is 5.75 Å². The molecule has 2 N–H and O–H groups in total. The molecule has 1 aromatic carbocycles. The monoisotopic (exact) mass is 322 g/mol. The Bertz CT molecular complexity index is 934. The van der Waals surface area contributed by atoms with Crippen LogP contribution in [0.5, 0.6) is 5.75 Å². The second kappa shape index (κ2) is 5.33. The van der Waals surface area contributed by atoms with Crippen molar-refractivity contribution in [1.82, 2.24) is 14.6 Å². The number of hydrogen-bond donors (Lipinski definition) is 2. The zero-order valence-electron chi connectivity index (χ0n) is 13.6. The van der Waals surface area contributed by atoms with Crippen LogP contribution in [0.2, 0.25) is 0 Å². The number of aromatic nitrogens is 3. The van der Waals surface area contributed by atoms with Crippen molar-refractivity contribution in [1.29, 1.82) is 0 Å². The van der Waals surface area contributed by atoms with Crippen molar-refractivity contribution in [2.75, 3.05) is 5.32 Å². The molecule has 1 fully saturated rings. The third kappa shape index (κ3) is 2.50. The van der Waals surface area contributed by atoms with Gasteiger partial charge in [-0.2, -0.15) is 4.98 Å². The number of benzene rings is 1. The number of phenols is 1. The summed E-state index contributed by atoms with van der Waals surface area (Å²) in [5, 5.41) is 17.2. The molecule has 0 unspecified atom stereocenters. The minimum atomic E-state index is -0.0104. The highest BCUT2D eigenvalue weighted by Gasteiger charge is 2.30. The van der Waals surface area contributed by atoms with Crippen LogP contribution < -0.4 is 5.32 Å². The van der Waals surface area contributed by atoms with Crippen LogP contribution in [0.15, 0.2) is 30.3 Å². The number of rotatable bonds is 3. The maximum Gasteiger partial charge on any atom is 0.249 e. The van der Waals surface area contributed by atoms with Crippen LogP contribution in [-0.2, 0) is 4.79 Å². The number of carbonyl (C=O) groups is 1. The summed E-state index contributed by atoms with van der Waals surface area (Å²) in [6.07, 6.45) is 1.88. The number of hydrogen-bond acceptors (Lipinski definition) is 4. The molecule has 1 amide bonds. The van der Waals surface area contributed by atoms with E-state index in [-0.39, 0.29) is 11.8 Å². The zero-order valence-corrected chi connectivity index (χ0v) is 13.6. The van der Waals surface area contributed by atoms with Crippen molar-refractivity contribution >= 4 is 17.5 Å². The number of carbonyl (C=O) groups excluding carboxylic acids is 1. The van der Waals surface area contributed by atoms with Crippen molar-refractivity contribution in [3.63, 3.8) is 0 Å². The van der Waals surface area contributed by atoms with Gasteiger partial charge in [0.2, 0.25) is 11.9 Å². The molecule has 0 atom stereocenters. The normalized spacial score (nSPS) is 14.1. The lowest BCUT2D eigenvalue weighted by Crippen LogP contribution is -2.14. The number of fused-ring (bicyclic) bond motifs is 1. The SMILES string of the molecule is Cc1cc(-c2cccc3nc(NC(=O)C4CC4)nn23)cc(C)c1O. The molecule has 122 valence electrons. The first kappa shape index (κ1) is 14.7. The lowest BCUT2D eigenvalue weighted by molar-refractivity contribution is -0.117. The number of anilines is 1. The van der Waals surface area contributed by atoms with Gasteiger partial charge < -0.3 is 5.11 Å². The van der Waals surface area contributed by atoms with Gasteiger partial charge >= 0.3 is 0 Å². The van der Waals surface area contributed by atoms with Crippen LogP contribution in [0.1, 0.15) is 24.0 Å². The fraction of sp³-hybridized carbons (Fsp3) is 0.278. The average Bonchev–Trinajstić information content (AvgIpc) is 3.32. The minimum Gasteiger partial charge on any atom is -0.507 e. The summed E-state index contributed by atoms with van der Waals surface area (Å²) in [7, 11) is 0. The van der Waals surface area contributed by atoms with Crippen molar-refractivity contribution in [2.24, 2.45) is 5.92 Å². The van der Waals surface area contributed by atoms with E-state index in [1.54, 1.807) is 4.52 Å². The lowest BCUT2D eigenvalue weighted by Gasteiger charge is -2.09. The first-order valence-electron chi connectivity index (χ1n) is 8.00. The Kier molecular flexibility index (Phi) is 3.26. The molecule has 1 aliphatic rings. The van der Waals surface area contributed by atoms with E-state index in [4.69, 9.17) is 0 Å². The van der Waals surface area contributed by atoms with Crippen molar-refractivity contribution < 1.29 is 9.90 Å². The molecule has 0 bridgehead atoms. The number of nitrogens with one attached hydrogen (secondary N) is 1. The Labute approximate surface area is 139 Å². The standard InChI is InChI=1S/C18H18N4O2/c1-10-8-13(9-11(2)16(10)23)14-4-3-5-15-19-18(21-22(14)15)20-17(24)12-6-7-12/h3-5,8-9,12,23H,6-7H2,1-2H3,(H,20,21,24). The highest BCUT2D eigenvalue weighted by atomic mass is 16.3. The minimum absolute atomic E-state index is 0.0104. The number of amides is 1. The van der Waals surface area contributed by atoms with Crippen LogP contribution in [0.3, 0.4) is 0 Å². The number of phenolic OH excluding ortho intramolecular Hbond substituents is 1. The van der Waals surface area contributed by atoms with Crippen molar-refractivity contribution in [3.8, 4) is 17.0 Å². The zero-order chi connectivity index (χ0) is 16.8. The molecule has 3 aromatic rings. The number of pyridine rings is 1. The number of aromatic hydroxyl groups is 1. The van der Waals surface area contributed by atoms with E-state index in [9.17, 15) is 9.90 Å². The second-order valence-electron chi connectivity index (χ2n) is 6.34. The van der Waals surface area contributed by atoms with Gasteiger partial charge in [0.15, 0.2) is 5.65 Å². The fourth-order valence-corrected chi connectivity index (χ4v) is 2.84. The molecular formula is C18H18N4O2. The third-order valence-corrected chi connectivity index (χ3v) is 4.33. The fourth-order valence-electron chi connectivity index (χ4n) is 2.84. The van der Waals surface area contributed by atoms with Crippen LogP contribution >= 0.6 is 0 Å². The molecule has 6 heteroatoms. The Morgan fingerprint density at radius 2 is 1.96 bits per heavy atom. The predicted molar refractivity (Wildman–Crippen MR) is 90.9 cm³/mol.